The first-order chi connectivity index (χ1) is 7.93. The van der Waals surface area contributed by atoms with Gasteiger partial charge in [-0.3, -0.25) is 4.79 Å². The molecule has 94 valence electrons. The molecule has 1 aliphatic heterocycles. The third kappa shape index (κ3) is 2.18. The van der Waals surface area contributed by atoms with Gasteiger partial charge in [-0.25, -0.2) is 0 Å². The van der Waals surface area contributed by atoms with Crippen molar-refractivity contribution in [1.82, 2.24) is 14.8 Å². The van der Waals surface area contributed by atoms with Gasteiger partial charge in [0.1, 0.15) is 11.6 Å². The Balaban J connectivity index is 2.29. The van der Waals surface area contributed by atoms with Gasteiger partial charge in [-0.05, 0) is 6.42 Å². The summed E-state index contributed by atoms with van der Waals surface area (Å²) in [6.07, 6.45) is 1.60. The number of carbonyl (C=O) groups is 1. The van der Waals surface area contributed by atoms with E-state index in [-0.39, 0.29) is 17.3 Å². The first kappa shape index (κ1) is 12.1. The minimum absolute atomic E-state index is 0.0523. The summed E-state index contributed by atoms with van der Waals surface area (Å²) >= 11 is 0. The van der Waals surface area contributed by atoms with E-state index in [9.17, 15) is 4.79 Å². The van der Waals surface area contributed by atoms with Gasteiger partial charge in [-0.1, -0.05) is 20.8 Å². The molecule has 5 heteroatoms. The number of methoxy groups -OCH3 is 1. The molecule has 0 fully saturated rings. The Morgan fingerprint density at radius 2 is 2.12 bits per heavy atom. The largest absolute Gasteiger partial charge is 0.469 e. The van der Waals surface area contributed by atoms with Gasteiger partial charge < -0.3 is 9.30 Å². The molecule has 1 atom stereocenters. The van der Waals surface area contributed by atoms with Gasteiger partial charge in [0.2, 0.25) is 0 Å². The first-order valence-corrected chi connectivity index (χ1v) is 5.94. The van der Waals surface area contributed by atoms with Crippen LogP contribution < -0.4 is 0 Å². The molecule has 0 bridgehead atoms. The van der Waals surface area contributed by atoms with Crippen molar-refractivity contribution in [2.24, 2.45) is 5.92 Å². The number of carbonyl (C=O) groups excluding carboxylic acids is 1. The Hall–Kier alpha value is -1.39. The Labute approximate surface area is 101 Å². The number of aryl methyl sites for hydroxylation is 1. The van der Waals surface area contributed by atoms with Crippen LogP contribution in [0.2, 0.25) is 0 Å². The fraction of sp³-hybridized carbons (Fsp3) is 0.750. The predicted octanol–water partition coefficient (Wildman–Crippen LogP) is 1.31. The molecule has 0 spiro atoms. The molecule has 0 radical (unpaired) electrons. The van der Waals surface area contributed by atoms with Crippen LogP contribution >= 0.6 is 0 Å². The molecular weight excluding hydrogens is 218 g/mol. The van der Waals surface area contributed by atoms with Crippen LogP contribution in [-0.4, -0.2) is 27.8 Å². The molecule has 2 heterocycles. The van der Waals surface area contributed by atoms with E-state index >= 15 is 0 Å². The maximum absolute atomic E-state index is 11.6. The van der Waals surface area contributed by atoms with E-state index in [1.165, 1.54) is 7.11 Å². The number of hydrogen-bond acceptors (Lipinski definition) is 4. The van der Waals surface area contributed by atoms with Crippen molar-refractivity contribution in [3.63, 3.8) is 0 Å². The Bertz CT molecular complexity index is 431. The molecule has 0 aliphatic carbocycles. The van der Waals surface area contributed by atoms with Crippen molar-refractivity contribution in [2.45, 2.75) is 45.6 Å². The second kappa shape index (κ2) is 4.13. The van der Waals surface area contributed by atoms with E-state index in [0.29, 0.717) is 6.54 Å². The summed E-state index contributed by atoms with van der Waals surface area (Å²) in [4.78, 5) is 11.6. The van der Waals surface area contributed by atoms with Crippen LogP contribution in [0.25, 0.3) is 0 Å². The summed E-state index contributed by atoms with van der Waals surface area (Å²) in [7, 11) is 1.44. The molecule has 1 aliphatic rings. The smallest absolute Gasteiger partial charge is 0.310 e. The molecule has 0 aromatic carbocycles. The van der Waals surface area contributed by atoms with E-state index in [2.05, 4.69) is 35.5 Å². The van der Waals surface area contributed by atoms with Crippen LogP contribution in [0, 0.1) is 5.92 Å². The van der Waals surface area contributed by atoms with Gasteiger partial charge in [0.25, 0.3) is 0 Å². The molecule has 0 N–H and O–H groups in total. The third-order valence-corrected chi connectivity index (χ3v) is 3.15. The minimum atomic E-state index is -0.135. The lowest BCUT2D eigenvalue weighted by Crippen LogP contribution is -2.31. The van der Waals surface area contributed by atoms with Gasteiger partial charge in [-0.15, -0.1) is 10.2 Å². The summed E-state index contributed by atoms with van der Waals surface area (Å²) < 4.78 is 6.89. The number of hydrogen-bond donors (Lipinski definition) is 0. The summed E-state index contributed by atoms with van der Waals surface area (Å²) in [5, 5.41) is 8.45. The van der Waals surface area contributed by atoms with Crippen LogP contribution in [0.5, 0.6) is 0 Å². The molecule has 2 rings (SSSR count). The second-order valence-corrected chi connectivity index (χ2v) is 5.56. The molecule has 1 aromatic heterocycles. The van der Waals surface area contributed by atoms with Gasteiger partial charge in [-0.2, -0.15) is 0 Å². The maximum Gasteiger partial charge on any atom is 0.310 e. The monoisotopic (exact) mass is 237 g/mol. The second-order valence-electron chi connectivity index (χ2n) is 5.56. The van der Waals surface area contributed by atoms with Gasteiger partial charge >= 0.3 is 5.97 Å². The number of esters is 1. The van der Waals surface area contributed by atoms with Crippen LogP contribution in [-0.2, 0) is 27.9 Å². The predicted molar refractivity (Wildman–Crippen MR) is 62.5 cm³/mol. The van der Waals surface area contributed by atoms with Crippen LogP contribution in [0.3, 0.4) is 0 Å². The van der Waals surface area contributed by atoms with E-state index in [4.69, 9.17) is 4.74 Å². The van der Waals surface area contributed by atoms with Crippen molar-refractivity contribution in [3.8, 4) is 0 Å². The van der Waals surface area contributed by atoms with Crippen molar-refractivity contribution in [2.75, 3.05) is 7.11 Å². The van der Waals surface area contributed by atoms with E-state index < -0.39 is 0 Å². The summed E-state index contributed by atoms with van der Waals surface area (Å²) in [5.41, 5.74) is -0.0523. The zero-order valence-corrected chi connectivity index (χ0v) is 10.9. The number of rotatable bonds is 1. The lowest BCUT2D eigenvalue weighted by molar-refractivity contribution is -0.146. The van der Waals surface area contributed by atoms with E-state index in [0.717, 1.165) is 24.5 Å². The minimum Gasteiger partial charge on any atom is -0.469 e. The molecular formula is C12H19N3O2. The third-order valence-electron chi connectivity index (χ3n) is 3.15. The Morgan fingerprint density at radius 3 is 2.71 bits per heavy atom. The standard InChI is InChI=1S/C12H19N3O2/c1-12(2,3)11-14-13-9-6-5-8(7-15(9)11)10(16)17-4/h8H,5-7H2,1-4H3/t8-/m0/s1. The van der Waals surface area contributed by atoms with Crippen molar-refractivity contribution < 1.29 is 9.53 Å². The molecule has 0 saturated carbocycles. The van der Waals surface area contributed by atoms with Crippen LogP contribution in [0.15, 0.2) is 0 Å². The fourth-order valence-corrected chi connectivity index (χ4v) is 2.24. The molecule has 0 amide bonds. The van der Waals surface area contributed by atoms with Crippen LogP contribution in [0.1, 0.15) is 38.8 Å². The maximum atomic E-state index is 11.6. The molecule has 5 nitrogen and oxygen atoms in total. The van der Waals surface area contributed by atoms with Crippen molar-refractivity contribution in [3.05, 3.63) is 11.6 Å². The molecule has 1 aromatic rings. The average molecular weight is 237 g/mol. The Kier molecular flexibility index (Phi) is 2.93. The van der Waals surface area contributed by atoms with Gasteiger partial charge in [0.05, 0.1) is 13.0 Å². The molecule has 17 heavy (non-hydrogen) atoms. The molecule has 0 unspecified atom stereocenters. The van der Waals surface area contributed by atoms with Crippen LogP contribution in [0.4, 0.5) is 0 Å². The van der Waals surface area contributed by atoms with Crippen molar-refractivity contribution in [1.29, 1.82) is 0 Å². The lowest BCUT2D eigenvalue weighted by atomic mass is 9.93. The summed E-state index contributed by atoms with van der Waals surface area (Å²) in [6.45, 7) is 6.95. The summed E-state index contributed by atoms with van der Waals surface area (Å²) in [6, 6.07) is 0. The number of fused-ring (bicyclic) bond motifs is 1. The SMILES string of the molecule is COC(=O)[C@H]1CCc2nnc(C(C)(C)C)n2C1. The highest BCUT2D eigenvalue weighted by atomic mass is 16.5. The molecule has 0 saturated heterocycles. The highest BCUT2D eigenvalue weighted by Crippen LogP contribution is 2.27. The van der Waals surface area contributed by atoms with Crippen molar-refractivity contribution >= 4 is 5.97 Å². The highest BCUT2D eigenvalue weighted by molar-refractivity contribution is 5.72. The van der Waals surface area contributed by atoms with E-state index in [1.54, 1.807) is 0 Å². The quantitative estimate of drug-likeness (QED) is 0.691. The highest BCUT2D eigenvalue weighted by Gasteiger charge is 2.31. The topological polar surface area (TPSA) is 57.0 Å². The Morgan fingerprint density at radius 1 is 1.41 bits per heavy atom. The first-order valence-electron chi connectivity index (χ1n) is 5.94. The zero-order valence-electron chi connectivity index (χ0n) is 10.9. The van der Waals surface area contributed by atoms with Gasteiger partial charge in [0, 0.05) is 18.4 Å². The van der Waals surface area contributed by atoms with Gasteiger partial charge in [0.15, 0.2) is 0 Å². The average Bonchev–Trinajstić information content (AvgIpc) is 2.70. The number of aromatic nitrogens is 3. The lowest BCUT2D eigenvalue weighted by Gasteiger charge is -2.26. The van der Waals surface area contributed by atoms with E-state index in [1.807, 2.05) is 0 Å². The summed E-state index contributed by atoms with van der Waals surface area (Å²) in [5.74, 6) is 1.73. The number of ether oxygens (including phenoxy) is 1. The number of nitrogens with zero attached hydrogens (tertiary/aromatic N) is 3. The normalized spacial score (nSPS) is 19.9. The fourth-order valence-electron chi connectivity index (χ4n) is 2.24. The zero-order chi connectivity index (χ0) is 12.6.